The third-order valence-electron chi connectivity index (χ3n) is 2.28. The van der Waals surface area contributed by atoms with Crippen molar-refractivity contribution in [3.05, 3.63) is 0 Å². The molecule has 0 rings (SSSR count). The minimum Gasteiger partial charge on any atom is -0.345 e. The number of carbonyl (C=O) groups is 2. The lowest BCUT2D eigenvalue weighted by atomic mass is 10.0. The van der Waals surface area contributed by atoms with Crippen LogP contribution in [0.1, 0.15) is 40.5 Å². The molecule has 0 aliphatic heterocycles. The zero-order chi connectivity index (χ0) is 12.7. The smallest absolute Gasteiger partial charge is 0.237 e. The molecule has 4 heteroatoms. The van der Waals surface area contributed by atoms with E-state index in [1.54, 1.807) is 0 Å². The fourth-order valence-electron chi connectivity index (χ4n) is 1.56. The zero-order valence-electron chi connectivity index (χ0n) is 10.7. The molecule has 0 aliphatic rings. The first-order valence-electron chi connectivity index (χ1n) is 5.88. The number of hydrogen-bond acceptors (Lipinski definition) is 3. The van der Waals surface area contributed by atoms with Crippen LogP contribution in [0.3, 0.4) is 0 Å². The first kappa shape index (κ1) is 15.1. The van der Waals surface area contributed by atoms with E-state index in [2.05, 4.69) is 5.32 Å². The van der Waals surface area contributed by atoms with Gasteiger partial charge in [0.15, 0.2) is 0 Å². The monoisotopic (exact) mass is 228 g/mol. The summed E-state index contributed by atoms with van der Waals surface area (Å²) in [5, 5.41) is 2.67. The molecule has 0 radical (unpaired) electrons. The number of hydrogen-bond donors (Lipinski definition) is 2. The lowest BCUT2D eigenvalue weighted by molar-refractivity contribution is -0.125. The fourth-order valence-corrected chi connectivity index (χ4v) is 1.56. The van der Waals surface area contributed by atoms with Crippen LogP contribution < -0.4 is 11.1 Å². The zero-order valence-corrected chi connectivity index (χ0v) is 10.7. The standard InChI is InChI=1S/C12H24N2O2/c1-8(2)5-10(7-15)14-12(16)11(13)6-9(3)4/h7-11H,5-6,13H2,1-4H3,(H,14,16)/t10-,11-/m0/s1. The van der Waals surface area contributed by atoms with Gasteiger partial charge in [0.05, 0.1) is 12.1 Å². The van der Waals surface area contributed by atoms with Gasteiger partial charge in [-0.05, 0) is 24.7 Å². The van der Waals surface area contributed by atoms with Crippen LogP contribution in [0.4, 0.5) is 0 Å². The maximum absolute atomic E-state index is 11.6. The van der Waals surface area contributed by atoms with Gasteiger partial charge in [0.1, 0.15) is 6.29 Å². The van der Waals surface area contributed by atoms with E-state index >= 15 is 0 Å². The van der Waals surface area contributed by atoms with Gasteiger partial charge in [0.25, 0.3) is 0 Å². The summed E-state index contributed by atoms with van der Waals surface area (Å²) in [7, 11) is 0. The van der Waals surface area contributed by atoms with Crippen LogP contribution in [0.15, 0.2) is 0 Å². The molecule has 0 unspecified atom stereocenters. The summed E-state index contributed by atoms with van der Waals surface area (Å²) in [6.07, 6.45) is 2.07. The predicted molar refractivity (Wildman–Crippen MR) is 64.9 cm³/mol. The highest BCUT2D eigenvalue weighted by molar-refractivity contribution is 5.84. The number of amides is 1. The minimum absolute atomic E-state index is 0.230. The Kier molecular flexibility index (Phi) is 6.97. The van der Waals surface area contributed by atoms with Crippen LogP contribution in [0.2, 0.25) is 0 Å². The summed E-state index contributed by atoms with van der Waals surface area (Å²) in [5.41, 5.74) is 5.72. The Morgan fingerprint density at radius 1 is 1.19 bits per heavy atom. The molecular formula is C12H24N2O2. The fraction of sp³-hybridized carbons (Fsp3) is 0.833. The normalized spacial score (nSPS) is 14.9. The van der Waals surface area contributed by atoms with Crippen LogP contribution in [-0.2, 0) is 9.59 Å². The molecule has 0 aromatic rings. The highest BCUT2D eigenvalue weighted by Crippen LogP contribution is 2.05. The number of carbonyl (C=O) groups excluding carboxylic acids is 2. The van der Waals surface area contributed by atoms with E-state index in [9.17, 15) is 9.59 Å². The lowest BCUT2D eigenvalue weighted by Crippen LogP contribution is -2.46. The van der Waals surface area contributed by atoms with Crippen molar-refractivity contribution in [1.82, 2.24) is 5.32 Å². The Hall–Kier alpha value is -0.900. The molecule has 3 N–H and O–H groups in total. The van der Waals surface area contributed by atoms with E-state index in [1.807, 2.05) is 27.7 Å². The predicted octanol–water partition coefficient (Wildman–Crippen LogP) is 1.09. The molecule has 4 nitrogen and oxygen atoms in total. The molecule has 0 aliphatic carbocycles. The average molecular weight is 228 g/mol. The van der Waals surface area contributed by atoms with Crippen molar-refractivity contribution < 1.29 is 9.59 Å². The van der Waals surface area contributed by atoms with Crippen molar-refractivity contribution in [2.24, 2.45) is 17.6 Å². The van der Waals surface area contributed by atoms with Crippen LogP contribution in [0.5, 0.6) is 0 Å². The van der Waals surface area contributed by atoms with Gasteiger partial charge in [-0.1, -0.05) is 27.7 Å². The maximum Gasteiger partial charge on any atom is 0.237 e. The minimum atomic E-state index is -0.519. The largest absolute Gasteiger partial charge is 0.345 e. The van der Waals surface area contributed by atoms with Crippen molar-refractivity contribution in [1.29, 1.82) is 0 Å². The molecule has 0 fully saturated rings. The second-order valence-electron chi connectivity index (χ2n) is 5.12. The topological polar surface area (TPSA) is 72.2 Å². The molecule has 94 valence electrons. The molecular weight excluding hydrogens is 204 g/mol. The molecule has 0 saturated carbocycles. The molecule has 0 heterocycles. The molecule has 0 aromatic carbocycles. The second-order valence-corrected chi connectivity index (χ2v) is 5.12. The van der Waals surface area contributed by atoms with Gasteiger partial charge in [0, 0.05) is 0 Å². The molecule has 2 atom stereocenters. The first-order valence-corrected chi connectivity index (χ1v) is 5.88. The summed E-state index contributed by atoms with van der Waals surface area (Å²) >= 11 is 0. The molecule has 1 amide bonds. The Morgan fingerprint density at radius 2 is 1.69 bits per heavy atom. The van der Waals surface area contributed by atoms with Gasteiger partial charge < -0.3 is 15.8 Å². The Morgan fingerprint density at radius 3 is 2.06 bits per heavy atom. The quantitative estimate of drug-likeness (QED) is 0.641. The van der Waals surface area contributed by atoms with Crippen molar-refractivity contribution in [3.8, 4) is 0 Å². The molecule has 0 saturated heterocycles. The number of aldehydes is 1. The van der Waals surface area contributed by atoms with E-state index in [4.69, 9.17) is 5.73 Å². The van der Waals surface area contributed by atoms with Crippen molar-refractivity contribution in [2.75, 3.05) is 0 Å². The Labute approximate surface area is 98.0 Å². The molecule has 0 spiro atoms. The van der Waals surface area contributed by atoms with E-state index < -0.39 is 12.1 Å². The number of nitrogens with one attached hydrogen (secondary N) is 1. The Balaban J connectivity index is 4.13. The van der Waals surface area contributed by atoms with E-state index in [-0.39, 0.29) is 5.91 Å². The summed E-state index contributed by atoms with van der Waals surface area (Å²) in [6, 6.07) is -0.930. The van der Waals surface area contributed by atoms with Crippen molar-refractivity contribution in [3.63, 3.8) is 0 Å². The van der Waals surface area contributed by atoms with Crippen molar-refractivity contribution >= 4 is 12.2 Å². The van der Waals surface area contributed by atoms with Gasteiger partial charge >= 0.3 is 0 Å². The number of rotatable bonds is 7. The van der Waals surface area contributed by atoms with Gasteiger partial charge in [-0.15, -0.1) is 0 Å². The second kappa shape index (κ2) is 7.39. The van der Waals surface area contributed by atoms with Crippen LogP contribution in [0, 0.1) is 11.8 Å². The van der Waals surface area contributed by atoms with Gasteiger partial charge in [0.2, 0.25) is 5.91 Å². The summed E-state index contributed by atoms with van der Waals surface area (Å²) in [4.78, 5) is 22.4. The Bertz CT molecular complexity index is 227. The molecule has 16 heavy (non-hydrogen) atoms. The van der Waals surface area contributed by atoms with E-state index in [0.717, 1.165) is 6.29 Å². The van der Waals surface area contributed by atoms with Gasteiger partial charge in [-0.25, -0.2) is 0 Å². The average Bonchev–Trinajstić information content (AvgIpc) is 2.14. The molecule has 0 bridgehead atoms. The highest BCUT2D eigenvalue weighted by atomic mass is 16.2. The number of nitrogens with two attached hydrogens (primary N) is 1. The lowest BCUT2D eigenvalue weighted by Gasteiger charge is -2.19. The third-order valence-corrected chi connectivity index (χ3v) is 2.28. The third kappa shape index (κ3) is 6.56. The van der Waals surface area contributed by atoms with Crippen molar-refractivity contribution in [2.45, 2.75) is 52.6 Å². The summed E-state index contributed by atoms with van der Waals surface area (Å²) in [5.74, 6) is 0.517. The first-order chi connectivity index (χ1) is 7.36. The van der Waals surface area contributed by atoms with Gasteiger partial charge in [-0.2, -0.15) is 0 Å². The molecule has 0 aromatic heterocycles. The van der Waals surface area contributed by atoms with E-state index in [1.165, 1.54) is 0 Å². The summed E-state index contributed by atoms with van der Waals surface area (Å²) in [6.45, 7) is 8.05. The van der Waals surface area contributed by atoms with E-state index in [0.29, 0.717) is 24.7 Å². The van der Waals surface area contributed by atoms with Gasteiger partial charge in [-0.3, -0.25) is 4.79 Å². The highest BCUT2D eigenvalue weighted by Gasteiger charge is 2.19. The SMILES string of the molecule is CC(C)C[C@@H](C=O)NC(=O)[C@@H](N)CC(C)C. The maximum atomic E-state index is 11.6. The summed E-state index contributed by atoms with van der Waals surface area (Å²) < 4.78 is 0. The van der Waals surface area contributed by atoms with Crippen LogP contribution in [0.25, 0.3) is 0 Å². The van der Waals surface area contributed by atoms with Crippen LogP contribution >= 0.6 is 0 Å². The van der Waals surface area contributed by atoms with Crippen LogP contribution in [-0.4, -0.2) is 24.3 Å².